The van der Waals surface area contributed by atoms with Gasteiger partial charge in [0.1, 0.15) is 22.3 Å². The Morgan fingerprint density at radius 1 is 0.260 bits per heavy atom. The summed E-state index contributed by atoms with van der Waals surface area (Å²) in [6, 6.07) is 55.9. The number of rotatable bonds is 5. The van der Waals surface area contributed by atoms with Crippen LogP contribution in [0.4, 0.5) is 0 Å². The van der Waals surface area contributed by atoms with E-state index in [-0.39, 0.29) is 0 Å². The zero-order valence-electron chi connectivity index (χ0n) is 26.7. The Morgan fingerprint density at radius 3 is 1.44 bits per heavy atom. The van der Waals surface area contributed by atoms with Gasteiger partial charge in [-0.05, 0) is 70.8 Å². The topological polar surface area (TPSA) is 65.0 Å². The lowest BCUT2D eigenvalue weighted by molar-refractivity contribution is 0.668. The van der Waals surface area contributed by atoms with Crippen molar-refractivity contribution in [1.29, 1.82) is 0 Å². The second-order valence-electron chi connectivity index (χ2n) is 12.5. The molecule has 0 aliphatic heterocycles. The van der Waals surface area contributed by atoms with E-state index in [0.29, 0.717) is 17.5 Å². The van der Waals surface area contributed by atoms with Crippen molar-refractivity contribution in [1.82, 2.24) is 15.0 Å². The molecule has 0 aliphatic rings. The van der Waals surface area contributed by atoms with E-state index in [1.807, 2.05) is 72.8 Å². The van der Waals surface area contributed by atoms with Crippen LogP contribution in [0.1, 0.15) is 0 Å². The fourth-order valence-corrected chi connectivity index (χ4v) is 6.82. The summed E-state index contributed by atoms with van der Waals surface area (Å²) < 4.78 is 12.5. The molecule has 7 aromatic carbocycles. The number of benzene rings is 7. The summed E-state index contributed by atoms with van der Waals surface area (Å²) in [6.45, 7) is 0. The van der Waals surface area contributed by atoms with Gasteiger partial charge in [0.2, 0.25) is 0 Å². The molecule has 0 aliphatic carbocycles. The van der Waals surface area contributed by atoms with E-state index in [1.54, 1.807) is 0 Å². The molecule has 3 aromatic heterocycles. The first-order valence-corrected chi connectivity index (χ1v) is 16.6. The van der Waals surface area contributed by atoms with Crippen LogP contribution in [-0.2, 0) is 0 Å². The molecule has 3 heterocycles. The van der Waals surface area contributed by atoms with Gasteiger partial charge in [-0.2, -0.15) is 0 Å². The Bertz CT molecular complexity index is 2870. The van der Waals surface area contributed by atoms with Crippen LogP contribution in [-0.4, -0.2) is 15.0 Å². The minimum atomic E-state index is 0.581. The van der Waals surface area contributed by atoms with Crippen molar-refractivity contribution in [3.05, 3.63) is 164 Å². The Kier molecular flexibility index (Phi) is 6.42. The molecule has 5 nitrogen and oxygen atoms in total. The molecule has 0 atom stereocenters. The summed E-state index contributed by atoms with van der Waals surface area (Å²) in [5.41, 5.74) is 10.6. The Hall–Kier alpha value is -6.85. The van der Waals surface area contributed by atoms with Gasteiger partial charge in [-0.3, -0.25) is 0 Å². The maximum atomic E-state index is 6.37. The van der Waals surface area contributed by atoms with Gasteiger partial charge >= 0.3 is 0 Å². The predicted molar refractivity (Wildman–Crippen MR) is 202 cm³/mol. The number of fused-ring (bicyclic) bond motifs is 6. The van der Waals surface area contributed by atoms with Gasteiger partial charge in [-0.15, -0.1) is 0 Å². The van der Waals surface area contributed by atoms with Gasteiger partial charge in [0.25, 0.3) is 0 Å². The monoisotopic (exact) mass is 641 g/mol. The zero-order valence-corrected chi connectivity index (χ0v) is 26.7. The smallest absolute Gasteiger partial charge is 0.164 e. The van der Waals surface area contributed by atoms with Crippen molar-refractivity contribution in [3.8, 4) is 56.4 Å². The first-order valence-electron chi connectivity index (χ1n) is 16.6. The molecule has 0 radical (unpaired) electrons. The minimum absolute atomic E-state index is 0.581. The zero-order chi connectivity index (χ0) is 33.0. The number of aromatic nitrogens is 3. The molecule has 0 saturated heterocycles. The average molecular weight is 642 g/mol. The lowest BCUT2D eigenvalue weighted by Gasteiger charge is -2.10. The molecule has 5 heteroatoms. The maximum absolute atomic E-state index is 6.37. The van der Waals surface area contributed by atoms with Crippen LogP contribution in [0.2, 0.25) is 0 Å². The molecule has 0 bridgehead atoms. The summed E-state index contributed by atoms with van der Waals surface area (Å²) in [4.78, 5) is 15.0. The number of nitrogens with zero attached hydrogens (tertiary/aromatic N) is 3. The SMILES string of the molecule is c1ccc(-c2ccc3oc4cc(-c5nc(-c6ccccc6)nc(-c6cccc(-c7ccc8oc9ccccc9c8c7)c6)n5)ccc4c3c2)cc1. The fraction of sp³-hybridized carbons (Fsp3) is 0. The highest BCUT2D eigenvalue weighted by atomic mass is 16.3. The van der Waals surface area contributed by atoms with Crippen LogP contribution in [0.15, 0.2) is 173 Å². The fourth-order valence-electron chi connectivity index (χ4n) is 6.82. The van der Waals surface area contributed by atoms with Crippen LogP contribution < -0.4 is 0 Å². The van der Waals surface area contributed by atoms with Gasteiger partial charge in [0.05, 0.1) is 0 Å². The van der Waals surface area contributed by atoms with Crippen molar-refractivity contribution in [2.45, 2.75) is 0 Å². The predicted octanol–water partition coefficient (Wildman–Crippen LogP) is 12.0. The average Bonchev–Trinajstić information content (AvgIpc) is 3.75. The van der Waals surface area contributed by atoms with Crippen molar-refractivity contribution in [3.63, 3.8) is 0 Å². The second-order valence-corrected chi connectivity index (χ2v) is 12.5. The summed E-state index contributed by atoms with van der Waals surface area (Å²) in [7, 11) is 0. The van der Waals surface area contributed by atoms with E-state index >= 15 is 0 Å². The van der Waals surface area contributed by atoms with E-state index in [2.05, 4.69) is 91.0 Å². The first kappa shape index (κ1) is 28.2. The van der Waals surface area contributed by atoms with Crippen LogP contribution in [0.3, 0.4) is 0 Å². The molecule has 10 rings (SSSR count). The number of hydrogen-bond acceptors (Lipinski definition) is 5. The summed E-state index contributed by atoms with van der Waals surface area (Å²) in [5.74, 6) is 1.79. The third-order valence-corrected chi connectivity index (χ3v) is 9.33. The highest BCUT2D eigenvalue weighted by molar-refractivity contribution is 6.08. The third kappa shape index (κ3) is 4.83. The van der Waals surface area contributed by atoms with Crippen LogP contribution in [0, 0.1) is 0 Å². The molecular weight excluding hydrogens is 615 g/mol. The molecule has 50 heavy (non-hydrogen) atoms. The number of hydrogen-bond donors (Lipinski definition) is 0. The molecule has 234 valence electrons. The van der Waals surface area contributed by atoms with Crippen molar-refractivity contribution < 1.29 is 8.83 Å². The van der Waals surface area contributed by atoms with E-state index in [4.69, 9.17) is 23.8 Å². The normalized spacial score (nSPS) is 11.6. The van der Waals surface area contributed by atoms with Gasteiger partial charge in [-0.25, -0.2) is 15.0 Å². The first-order chi connectivity index (χ1) is 24.7. The molecule has 0 spiro atoms. The van der Waals surface area contributed by atoms with Gasteiger partial charge in [-0.1, -0.05) is 115 Å². The maximum Gasteiger partial charge on any atom is 0.164 e. The third-order valence-electron chi connectivity index (χ3n) is 9.33. The number of para-hydroxylation sites is 1. The largest absolute Gasteiger partial charge is 0.456 e. The highest BCUT2D eigenvalue weighted by Crippen LogP contribution is 2.36. The number of furan rings is 2. The summed E-state index contributed by atoms with van der Waals surface area (Å²) in [5, 5.41) is 4.32. The molecule has 0 saturated carbocycles. The summed E-state index contributed by atoms with van der Waals surface area (Å²) >= 11 is 0. The van der Waals surface area contributed by atoms with Crippen LogP contribution >= 0.6 is 0 Å². The lowest BCUT2D eigenvalue weighted by Crippen LogP contribution is -2.00. The second kappa shape index (κ2) is 11.4. The van der Waals surface area contributed by atoms with Crippen molar-refractivity contribution >= 4 is 43.9 Å². The van der Waals surface area contributed by atoms with E-state index < -0.39 is 0 Å². The summed E-state index contributed by atoms with van der Waals surface area (Å²) in [6.07, 6.45) is 0. The van der Waals surface area contributed by atoms with Gasteiger partial charge < -0.3 is 8.83 Å². The highest BCUT2D eigenvalue weighted by Gasteiger charge is 2.16. The Balaban J connectivity index is 1.08. The standard InChI is InChI=1S/C45H27N3O2/c1-3-10-28(11-4-1)31-19-22-41-38(25-31)36-21-18-34(27-42(36)50-41)45-47-43(29-12-5-2-6-13-29)46-44(48-45)33-15-9-14-30(24-33)32-20-23-40-37(26-32)35-16-7-8-17-39(35)49-40/h1-27H. The van der Waals surface area contributed by atoms with Crippen molar-refractivity contribution in [2.75, 3.05) is 0 Å². The van der Waals surface area contributed by atoms with E-state index in [0.717, 1.165) is 77.3 Å². The molecule has 0 unspecified atom stereocenters. The van der Waals surface area contributed by atoms with Crippen LogP contribution in [0.25, 0.3) is 100 Å². The lowest BCUT2D eigenvalue weighted by atomic mass is 10.0. The molecule has 0 amide bonds. The minimum Gasteiger partial charge on any atom is -0.456 e. The van der Waals surface area contributed by atoms with Crippen molar-refractivity contribution in [2.24, 2.45) is 0 Å². The van der Waals surface area contributed by atoms with Gasteiger partial charge in [0, 0.05) is 38.2 Å². The van der Waals surface area contributed by atoms with E-state index in [1.165, 1.54) is 5.56 Å². The quantitative estimate of drug-likeness (QED) is 0.187. The Labute approximate surface area is 287 Å². The van der Waals surface area contributed by atoms with Gasteiger partial charge in [0.15, 0.2) is 17.5 Å². The molecule has 0 N–H and O–H groups in total. The molecular formula is C45H27N3O2. The van der Waals surface area contributed by atoms with Crippen LogP contribution in [0.5, 0.6) is 0 Å². The van der Waals surface area contributed by atoms with E-state index in [9.17, 15) is 0 Å². The Morgan fingerprint density at radius 2 is 0.720 bits per heavy atom. The molecule has 0 fully saturated rings. The molecule has 10 aromatic rings.